The first kappa shape index (κ1) is 45.8. The third-order valence-corrected chi connectivity index (χ3v) is 11.3. The molecule has 0 aromatic heterocycles. The minimum atomic E-state index is -1.89. The summed E-state index contributed by atoms with van der Waals surface area (Å²) in [5.41, 5.74) is 5.54. The molecule has 0 spiro atoms. The van der Waals surface area contributed by atoms with E-state index in [0.29, 0.717) is 24.5 Å². The van der Waals surface area contributed by atoms with Crippen molar-refractivity contribution in [2.45, 2.75) is 144 Å². The van der Waals surface area contributed by atoms with E-state index >= 15 is 0 Å². The van der Waals surface area contributed by atoms with Crippen LogP contribution in [0.15, 0.2) is 0 Å². The molecule has 13 N–H and O–H groups in total. The van der Waals surface area contributed by atoms with Crippen LogP contribution in [0.5, 0.6) is 0 Å². The molecule has 1 amide bonds. The van der Waals surface area contributed by atoms with Crippen molar-refractivity contribution in [1.82, 2.24) is 4.90 Å². The Bertz CT molecular complexity index is 1150. The molecular formula is C32H58N2O19S. The van der Waals surface area contributed by atoms with E-state index in [1.165, 1.54) is 25.7 Å². The number of aliphatic hydroxyl groups excluding tert-OH is 11. The monoisotopic (exact) mass is 806 g/mol. The topological polar surface area (TPSA) is 333 Å². The Morgan fingerprint density at radius 3 is 1.83 bits per heavy atom. The lowest BCUT2D eigenvalue weighted by Gasteiger charge is -2.51. The predicted octanol–water partition coefficient (Wildman–Crippen LogP) is -6.51. The molecule has 4 rings (SSSR count). The summed E-state index contributed by atoms with van der Waals surface area (Å²) in [6.07, 6.45) is -30.1. The standard InChI is InChI=1S/C32H58N2O19S/c1-12-18(39)20(41)15(9-35)49-30(12)52-27-21(42)16(10-36)50-32(28(27)53-31-25(46)22(43)19(40)13(2)47-31)51-26-17(11-37)48-29(24(45)23(26)44)34(14(3)38)6-4-7-54-8-5-33/h12-13,15-32,35-37,39-46H,4-11,33H2,1-3H3/t12-,13?,15?,16?,17-,18+,19+,20-,21-,22-,23?,24?,25+,26+,27-,28-,29?,30?,31?,32?/m0/s1. The number of carbonyl (C=O) groups is 1. The lowest BCUT2D eigenvalue weighted by molar-refractivity contribution is -0.400. The van der Waals surface area contributed by atoms with Gasteiger partial charge in [0, 0.05) is 31.7 Å². The minimum absolute atomic E-state index is 0.134. The molecule has 21 nitrogen and oxygen atoms in total. The van der Waals surface area contributed by atoms with Crippen molar-refractivity contribution in [3.8, 4) is 0 Å². The highest BCUT2D eigenvalue weighted by atomic mass is 32.2. The van der Waals surface area contributed by atoms with Gasteiger partial charge in [0.15, 0.2) is 25.1 Å². The fourth-order valence-corrected chi connectivity index (χ4v) is 7.60. The summed E-state index contributed by atoms with van der Waals surface area (Å²) in [6.45, 7) is 2.30. The molecule has 0 aliphatic carbocycles. The SMILES string of the molecule is CC(=O)N(CCCSCCN)C1O[C@@H](CO)[C@@H](OC2OC(CO)[C@H](O)[C@H](OC3OC(CO)[C@H](O)[C@H](O)[C@@H]3C)[C@@H]2OC2OC(C)[C@@H](O)[C@H](O)[C@H]2O)C(O)C1O. The number of nitrogens with two attached hydrogens (primary N) is 1. The van der Waals surface area contributed by atoms with Crippen LogP contribution in [0.1, 0.15) is 27.2 Å². The summed E-state index contributed by atoms with van der Waals surface area (Å²) < 4.78 is 41.4. The highest BCUT2D eigenvalue weighted by molar-refractivity contribution is 7.99. The van der Waals surface area contributed by atoms with E-state index in [1.807, 2.05) is 0 Å². The highest BCUT2D eigenvalue weighted by Crippen LogP contribution is 2.37. The number of carbonyl (C=O) groups excluding carboxylic acids is 1. The van der Waals surface area contributed by atoms with Crippen LogP contribution in [0.2, 0.25) is 0 Å². The Morgan fingerprint density at radius 2 is 1.22 bits per heavy atom. The Hall–Kier alpha value is -0.940. The number of hydrogen-bond acceptors (Lipinski definition) is 21. The molecule has 9 unspecified atom stereocenters. The van der Waals surface area contributed by atoms with Crippen molar-refractivity contribution in [2.24, 2.45) is 11.7 Å². The van der Waals surface area contributed by atoms with Gasteiger partial charge in [0.25, 0.3) is 0 Å². The normalized spacial score (nSPS) is 46.0. The van der Waals surface area contributed by atoms with E-state index in [2.05, 4.69) is 0 Å². The van der Waals surface area contributed by atoms with E-state index in [4.69, 9.17) is 38.9 Å². The molecule has 4 aliphatic rings. The summed E-state index contributed by atoms with van der Waals surface area (Å²) >= 11 is 1.57. The number of nitrogens with zero attached hydrogens (tertiary/aromatic N) is 1. The maximum absolute atomic E-state index is 12.6. The molecule has 0 bridgehead atoms. The second-order valence-corrected chi connectivity index (χ2v) is 15.2. The Kier molecular flexibility index (Phi) is 17.5. The number of amides is 1. The fourth-order valence-electron chi connectivity index (χ4n) is 6.90. The smallest absolute Gasteiger partial charge is 0.221 e. The van der Waals surface area contributed by atoms with Crippen molar-refractivity contribution in [2.75, 3.05) is 44.4 Å². The molecule has 4 aliphatic heterocycles. The van der Waals surface area contributed by atoms with E-state index < -0.39 is 148 Å². The van der Waals surface area contributed by atoms with Crippen LogP contribution in [0, 0.1) is 5.92 Å². The quantitative estimate of drug-likeness (QED) is 0.0645. The van der Waals surface area contributed by atoms with Gasteiger partial charge in [0.1, 0.15) is 79.4 Å². The summed E-state index contributed by atoms with van der Waals surface area (Å²) in [7, 11) is 0. The number of ether oxygens (including phenoxy) is 7. The molecule has 4 saturated heterocycles. The van der Waals surface area contributed by atoms with Crippen molar-refractivity contribution < 1.29 is 94.1 Å². The van der Waals surface area contributed by atoms with Crippen molar-refractivity contribution >= 4 is 17.7 Å². The van der Waals surface area contributed by atoms with Gasteiger partial charge in [-0.3, -0.25) is 4.79 Å². The highest BCUT2D eigenvalue weighted by Gasteiger charge is 2.56. The van der Waals surface area contributed by atoms with Gasteiger partial charge in [0.2, 0.25) is 5.91 Å². The van der Waals surface area contributed by atoms with Gasteiger partial charge >= 0.3 is 0 Å². The maximum Gasteiger partial charge on any atom is 0.221 e. The van der Waals surface area contributed by atoms with Crippen LogP contribution >= 0.6 is 11.8 Å². The third-order valence-electron chi connectivity index (χ3n) is 10.2. The summed E-state index contributed by atoms with van der Waals surface area (Å²) in [4.78, 5) is 13.9. The molecule has 20 atom stereocenters. The van der Waals surface area contributed by atoms with Crippen LogP contribution in [-0.2, 0) is 38.0 Å². The molecule has 0 radical (unpaired) electrons. The molecule has 316 valence electrons. The molecule has 54 heavy (non-hydrogen) atoms. The first-order valence-corrected chi connectivity index (χ1v) is 19.2. The molecule has 0 aromatic rings. The predicted molar refractivity (Wildman–Crippen MR) is 182 cm³/mol. The molecule has 0 saturated carbocycles. The maximum atomic E-state index is 12.6. The van der Waals surface area contributed by atoms with Gasteiger partial charge in [-0.1, -0.05) is 6.92 Å². The van der Waals surface area contributed by atoms with Gasteiger partial charge in [-0.2, -0.15) is 11.8 Å². The van der Waals surface area contributed by atoms with Crippen LogP contribution in [0.4, 0.5) is 0 Å². The Labute approximate surface area is 316 Å². The van der Waals surface area contributed by atoms with Gasteiger partial charge in [-0.25, -0.2) is 0 Å². The van der Waals surface area contributed by atoms with Crippen molar-refractivity contribution in [3.05, 3.63) is 0 Å². The van der Waals surface area contributed by atoms with Crippen LogP contribution in [0.3, 0.4) is 0 Å². The zero-order valence-corrected chi connectivity index (χ0v) is 31.1. The molecular weight excluding hydrogens is 748 g/mol. The summed E-state index contributed by atoms with van der Waals surface area (Å²) in [5.74, 6) is -0.137. The molecule has 4 heterocycles. The second-order valence-electron chi connectivity index (χ2n) is 14.0. The minimum Gasteiger partial charge on any atom is -0.394 e. The van der Waals surface area contributed by atoms with Gasteiger partial charge in [-0.15, -0.1) is 0 Å². The average molecular weight is 807 g/mol. The van der Waals surface area contributed by atoms with E-state index in [-0.39, 0.29) is 6.54 Å². The molecule has 0 aromatic carbocycles. The average Bonchev–Trinajstić information content (AvgIpc) is 3.15. The number of hydrogen-bond donors (Lipinski definition) is 12. The Balaban J connectivity index is 1.65. The summed E-state index contributed by atoms with van der Waals surface area (Å²) in [6, 6.07) is 0. The lowest BCUT2D eigenvalue weighted by atomic mass is 9.91. The van der Waals surface area contributed by atoms with E-state index in [1.54, 1.807) is 11.8 Å². The zero-order valence-electron chi connectivity index (χ0n) is 30.3. The Morgan fingerprint density at radius 1 is 0.630 bits per heavy atom. The van der Waals surface area contributed by atoms with Crippen molar-refractivity contribution in [1.29, 1.82) is 0 Å². The van der Waals surface area contributed by atoms with Gasteiger partial charge in [0.05, 0.1) is 32.0 Å². The van der Waals surface area contributed by atoms with Crippen LogP contribution in [-0.4, -0.2) is 228 Å². The van der Waals surface area contributed by atoms with Crippen molar-refractivity contribution in [3.63, 3.8) is 0 Å². The first-order chi connectivity index (χ1) is 25.6. The van der Waals surface area contributed by atoms with E-state index in [0.717, 1.165) is 0 Å². The zero-order chi connectivity index (χ0) is 40.0. The number of thioether (sulfide) groups is 1. The van der Waals surface area contributed by atoms with Gasteiger partial charge < -0.3 is 100.0 Å². The summed E-state index contributed by atoms with van der Waals surface area (Å²) in [5, 5.41) is 117. The molecule has 22 heteroatoms. The first-order valence-electron chi connectivity index (χ1n) is 18.0. The van der Waals surface area contributed by atoms with Crippen LogP contribution < -0.4 is 5.73 Å². The third kappa shape index (κ3) is 10.2. The van der Waals surface area contributed by atoms with Gasteiger partial charge in [-0.05, 0) is 19.1 Å². The van der Waals surface area contributed by atoms with E-state index in [9.17, 15) is 61.0 Å². The largest absolute Gasteiger partial charge is 0.394 e. The fraction of sp³-hybridized carbons (Fsp3) is 0.969. The van der Waals surface area contributed by atoms with Crippen LogP contribution in [0.25, 0.3) is 0 Å². The second kappa shape index (κ2) is 20.7. The number of rotatable bonds is 16. The number of aliphatic hydroxyl groups is 11. The molecule has 4 fully saturated rings. The lowest BCUT2D eigenvalue weighted by Crippen LogP contribution is -2.69.